The van der Waals surface area contributed by atoms with Gasteiger partial charge in [-0.15, -0.1) is 0 Å². The second-order valence-corrected chi connectivity index (χ2v) is 10.2. The molecule has 1 atom stereocenters. The lowest BCUT2D eigenvalue weighted by molar-refractivity contribution is -0.812. The number of aliphatic carboxylic acids is 1. The van der Waals surface area contributed by atoms with E-state index in [1.807, 2.05) is 24.3 Å². The summed E-state index contributed by atoms with van der Waals surface area (Å²) in [7, 11) is 1.67. The number of carbonyl (C=O) groups is 1. The van der Waals surface area contributed by atoms with E-state index in [0.717, 1.165) is 16.9 Å². The van der Waals surface area contributed by atoms with Crippen LogP contribution in [0.2, 0.25) is 0 Å². The summed E-state index contributed by atoms with van der Waals surface area (Å²) in [5.41, 5.74) is 5.16. The summed E-state index contributed by atoms with van der Waals surface area (Å²) in [6.07, 6.45) is 2.25. The molecule has 1 aliphatic rings. The Kier molecular flexibility index (Phi) is 5.95. The number of nitrogens with zero attached hydrogens (tertiary/aromatic N) is 5. The topological polar surface area (TPSA) is 94.0 Å². The van der Waals surface area contributed by atoms with Crippen LogP contribution in [0.4, 0.5) is 0 Å². The zero-order valence-electron chi connectivity index (χ0n) is 19.9. The lowest BCUT2D eigenvalue weighted by atomic mass is 9.63. The van der Waals surface area contributed by atoms with Gasteiger partial charge in [0.15, 0.2) is 0 Å². The Balaban J connectivity index is 1.50. The predicted octanol–water partition coefficient (Wildman–Crippen LogP) is 3.49. The molecule has 1 aliphatic carbocycles. The van der Waals surface area contributed by atoms with Gasteiger partial charge < -0.3 is 9.84 Å². The molecule has 0 saturated heterocycles. The Morgan fingerprint density at radius 1 is 1.09 bits per heavy atom. The normalized spacial score (nSPS) is 17.2. The molecule has 0 saturated carbocycles. The Morgan fingerprint density at radius 2 is 1.76 bits per heavy atom. The van der Waals surface area contributed by atoms with Gasteiger partial charge in [-0.3, -0.25) is 4.79 Å². The molecule has 1 N–H and O–H groups in total. The molecule has 0 amide bonds. The molecule has 0 aliphatic heterocycles. The third-order valence-corrected chi connectivity index (χ3v) is 6.83. The first-order valence-electron chi connectivity index (χ1n) is 11.3. The Labute approximate surface area is 194 Å². The van der Waals surface area contributed by atoms with E-state index in [4.69, 9.17) is 4.74 Å². The lowest BCUT2D eigenvalue weighted by Gasteiger charge is -2.42. The third kappa shape index (κ3) is 4.74. The fourth-order valence-electron chi connectivity index (χ4n) is 4.66. The van der Waals surface area contributed by atoms with Crippen LogP contribution in [0.3, 0.4) is 0 Å². The van der Waals surface area contributed by atoms with Gasteiger partial charge in [-0.05, 0) is 62.9 Å². The summed E-state index contributed by atoms with van der Waals surface area (Å²) < 4.78 is 6.06. The minimum absolute atomic E-state index is 0.125. The Hall–Kier alpha value is -3.29. The smallest absolute Gasteiger partial charge is 0.306 e. The highest BCUT2D eigenvalue weighted by atomic mass is 16.5. The predicted molar refractivity (Wildman–Crippen MR) is 122 cm³/mol. The number of aryl methyl sites for hydroxylation is 1. The minimum Gasteiger partial charge on any atom is -0.489 e. The molecule has 8 heteroatoms. The number of carboxylic acids is 1. The largest absolute Gasteiger partial charge is 0.489 e. The van der Waals surface area contributed by atoms with E-state index in [2.05, 4.69) is 61.5 Å². The van der Waals surface area contributed by atoms with Gasteiger partial charge in [0.05, 0.1) is 6.42 Å². The quantitative estimate of drug-likeness (QED) is 0.554. The molecule has 1 heterocycles. The number of aromatic nitrogens is 5. The van der Waals surface area contributed by atoms with Crippen LogP contribution in [0.5, 0.6) is 5.75 Å². The minimum atomic E-state index is -0.922. The Morgan fingerprint density at radius 3 is 2.36 bits per heavy atom. The summed E-state index contributed by atoms with van der Waals surface area (Å²) >= 11 is 0. The van der Waals surface area contributed by atoms with Gasteiger partial charge in [-0.2, -0.15) is 0 Å². The molecule has 0 bridgehead atoms. The van der Waals surface area contributed by atoms with E-state index in [0.29, 0.717) is 6.61 Å². The zero-order valence-corrected chi connectivity index (χ0v) is 19.9. The van der Waals surface area contributed by atoms with E-state index in [9.17, 15) is 9.90 Å². The number of rotatable bonds is 7. The van der Waals surface area contributed by atoms with Gasteiger partial charge >= 0.3 is 5.97 Å². The van der Waals surface area contributed by atoms with Crippen molar-refractivity contribution in [2.24, 2.45) is 7.05 Å². The average Bonchev–Trinajstić information content (AvgIpc) is 3.20. The second-order valence-electron chi connectivity index (χ2n) is 10.2. The summed E-state index contributed by atoms with van der Waals surface area (Å²) in [4.78, 5) is 14.3. The van der Waals surface area contributed by atoms with E-state index >= 15 is 0 Å². The number of ether oxygens (including phenoxy) is 1. The number of carboxylic acid groups (broad SMARTS) is 1. The van der Waals surface area contributed by atoms with E-state index in [-0.39, 0.29) is 17.3 Å². The maximum absolute atomic E-state index is 11.4. The van der Waals surface area contributed by atoms with Crippen LogP contribution in [0.1, 0.15) is 75.3 Å². The first-order chi connectivity index (χ1) is 15.6. The van der Waals surface area contributed by atoms with Gasteiger partial charge in [0, 0.05) is 0 Å². The van der Waals surface area contributed by atoms with Gasteiger partial charge in [0.1, 0.15) is 30.7 Å². The molecule has 0 fully saturated rings. The fraction of sp³-hybridized carbons (Fsp3) is 0.480. The van der Waals surface area contributed by atoms with Crippen molar-refractivity contribution in [3.63, 3.8) is 0 Å². The van der Waals surface area contributed by atoms with Crippen molar-refractivity contribution in [3.05, 3.63) is 64.7 Å². The van der Waals surface area contributed by atoms with Crippen LogP contribution in [0.15, 0.2) is 42.5 Å². The molecule has 1 aromatic heterocycles. The number of hydrogen-bond donors (Lipinski definition) is 1. The van der Waals surface area contributed by atoms with Crippen LogP contribution in [-0.2, 0) is 29.3 Å². The Bertz CT molecular complexity index is 1150. The van der Waals surface area contributed by atoms with Crippen LogP contribution in [0.25, 0.3) is 0 Å². The molecule has 4 rings (SSSR count). The second kappa shape index (κ2) is 8.57. The van der Waals surface area contributed by atoms with Crippen molar-refractivity contribution in [1.82, 2.24) is 20.4 Å². The van der Waals surface area contributed by atoms with Gasteiger partial charge in [0.2, 0.25) is 10.4 Å². The molecule has 174 valence electrons. The first kappa shape index (κ1) is 22.9. The maximum Gasteiger partial charge on any atom is 0.306 e. The molecular weight excluding hydrogens is 418 g/mol. The van der Waals surface area contributed by atoms with Crippen molar-refractivity contribution < 1.29 is 19.4 Å². The summed E-state index contributed by atoms with van der Waals surface area (Å²) in [6, 6.07) is 13.7. The molecule has 3 aromatic rings. The molecule has 33 heavy (non-hydrogen) atoms. The van der Waals surface area contributed by atoms with Crippen molar-refractivity contribution in [2.45, 2.75) is 70.4 Å². The molecular formula is C25H32N5O3+. The van der Waals surface area contributed by atoms with Crippen molar-refractivity contribution >= 4 is 5.97 Å². The summed E-state index contributed by atoms with van der Waals surface area (Å²) in [5, 5.41) is 20.7. The van der Waals surface area contributed by atoms with Crippen LogP contribution in [-0.4, -0.2) is 31.5 Å². The number of fused-ring (bicyclic) bond motifs is 1. The highest BCUT2D eigenvalue weighted by molar-refractivity contribution is 5.68. The van der Waals surface area contributed by atoms with Gasteiger partial charge in [-0.25, -0.2) is 0 Å². The molecule has 0 unspecified atom stereocenters. The van der Waals surface area contributed by atoms with Crippen LogP contribution < -0.4 is 9.53 Å². The summed E-state index contributed by atoms with van der Waals surface area (Å²) in [5.74, 6) is -0.194. The fourth-order valence-corrected chi connectivity index (χ4v) is 4.66. The standard InChI is InChI=1S/C25H31N5O3/c1-24(2)12-13-25(3,4)21-14-17(6-11-20(21)24)16-33-19-9-7-18(8-10-19)22(15-23(31)32)30-28-26-27-29(30)5/h6-11,14,22H,12-13,15-16H2,1-5H3/p+1/t22-/m0/s1. The highest BCUT2D eigenvalue weighted by Gasteiger charge is 2.36. The van der Waals surface area contributed by atoms with Crippen molar-refractivity contribution in [2.75, 3.05) is 0 Å². The van der Waals surface area contributed by atoms with Gasteiger partial charge in [-0.1, -0.05) is 62.8 Å². The lowest BCUT2D eigenvalue weighted by Crippen LogP contribution is -2.45. The third-order valence-electron chi connectivity index (χ3n) is 6.83. The average molecular weight is 451 g/mol. The molecule has 0 radical (unpaired) electrons. The molecule has 8 nitrogen and oxygen atoms in total. The maximum atomic E-state index is 11.4. The van der Waals surface area contributed by atoms with E-state index in [1.165, 1.54) is 33.6 Å². The van der Waals surface area contributed by atoms with Crippen LogP contribution >= 0.6 is 0 Å². The van der Waals surface area contributed by atoms with E-state index in [1.54, 1.807) is 7.05 Å². The monoisotopic (exact) mass is 450 g/mol. The van der Waals surface area contributed by atoms with E-state index < -0.39 is 12.0 Å². The SMILES string of the molecule is C[n+]1nnnn1[C@@H](CC(=O)O)c1ccc(OCc2ccc3c(c2)C(C)(C)CCC3(C)C)cc1. The number of hydrogen-bond acceptors (Lipinski definition) is 5. The highest BCUT2D eigenvalue weighted by Crippen LogP contribution is 2.45. The van der Waals surface area contributed by atoms with Crippen LogP contribution in [0, 0.1) is 0 Å². The zero-order chi connectivity index (χ0) is 23.8. The molecule has 2 aromatic carbocycles. The summed E-state index contributed by atoms with van der Waals surface area (Å²) in [6.45, 7) is 9.77. The molecule has 0 spiro atoms. The van der Waals surface area contributed by atoms with Gasteiger partial charge in [0.25, 0.3) is 0 Å². The number of benzene rings is 2. The first-order valence-corrected chi connectivity index (χ1v) is 11.3. The van der Waals surface area contributed by atoms with Crippen molar-refractivity contribution in [1.29, 1.82) is 0 Å². The van der Waals surface area contributed by atoms with Crippen molar-refractivity contribution in [3.8, 4) is 5.75 Å².